The number of pyridine rings is 1. The number of esters is 1. The maximum absolute atomic E-state index is 12.3. The first-order chi connectivity index (χ1) is 13.9. The molecule has 0 bridgehead atoms. The molecule has 0 spiro atoms. The molecule has 4 rings (SSSR count). The highest BCUT2D eigenvalue weighted by Gasteiger charge is 2.41. The maximum Gasteiger partial charge on any atom is 0.329 e. The van der Waals surface area contributed by atoms with E-state index < -0.39 is 22.3 Å². The third-order valence-corrected chi connectivity index (χ3v) is 5.59. The molecule has 4 unspecified atom stereocenters. The molecule has 0 aromatic carbocycles. The van der Waals surface area contributed by atoms with Gasteiger partial charge in [0.2, 0.25) is 0 Å². The Labute approximate surface area is 166 Å². The number of carbonyl (C=O) groups is 2. The molecule has 148 valence electrons. The summed E-state index contributed by atoms with van der Waals surface area (Å²) >= 11 is 0. The van der Waals surface area contributed by atoms with Gasteiger partial charge in [0.15, 0.2) is 0 Å². The summed E-state index contributed by atoms with van der Waals surface area (Å²) in [6.45, 7) is 2.11. The van der Waals surface area contributed by atoms with Gasteiger partial charge in [-0.05, 0) is 24.1 Å². The number of rotatable bonds is 5. The second kappa shape index (κ2) is 7.12. The van der Waals surface area contributed by atoms with Gasteiger partial charge in [-0.25, -0.2) is 9.78 Å². The number of aldehydes is 1. The average molecular weight is 393 g/mol. The van der Waals surface area contributed by atoms with Crippen LogP contribution in [0.3, 0.4) is 0 Å². The molecule has 8 heteroatoms. The van der Waals surface area contributed by atoms with Crippen molar-refractivity contribution in [3.05, 3.63) is 76.0 Å². The first kappa shape index (κ1) is 18.8. The van der Waals surface area contributed by atoms with Crippen LogP contribution < -0.4 is 5.32 Å². The molecule has 2 heterocycles. The first-order valence-corrected chi connectivity index (χ1v) is 9.20. The SMILES string of the molecule is CC1(C=O)C=CC=C2C=C(C3COC(=O)C3Nc3ccc([N+](=O)[O-])cn3)C=CC21. The second-order valence-corrected chi connectivity index (χ2v) is 7.51. The van der Waals surface area contributed by atoms with Crippen LogP contribution in [0.2, 0.25) is 0 Å². The molecule has 3 aliphatic rings. The van der Waals surface area contributed by atoms with E-state index in [9.17, 15) is 19.7 Å². The molecule has 0 saturated carbocycles. The quantitative estimate of drug-likeness (QED) is 0.354. The number of ether oxygens (including phenoxy) is 1. The monoisotopic (exact) mass is 393 g/mol. The lowest BCUT2D eigenvalue weighted by molar-refractivity contribution is -0.385. The lowest BCUT2D eigenvalue weighted by Crippen LogP contribution is -2.34. The summed E-state index contributed by atoms with van der Waals surface area (Å²) in [5, 5.41) is 13.8. The summed E-state index contributed by atoms with van der Waals surface area (Å²) in [6, 6.07) is 2.13. The van der Waals surface area contributed by atoms with Gasteiger partial charge in [0, 0.05) is 17.9 Å². The minimum atomic E-state index is -0.659. The Balaban J connectivity index is 1.56. The van der Waals surface area contributed by atoms with Crippen LogP contribution in [0.4, 0.5) is 11.5 Å². The number of nitrogens with one attached hydrogen (secondary N) is 1. The van der Waals surface area contributed by atoms with Crippen LogP contribution in [0, 0.1) is 27.4 Å². The van der Waals surface area contributed by atoms with Crippen molar-refractivity contribution in [2.24, 2.45) is 17.3 Å². The van der Waals surface area contributed by atoms with Crippen LogP contribution in [0.25, 0.3) is 0 Å². The van der Waals surface area contributed by atoms with Gasteiger partial charge < -0.3 is 14.8 Å². The number of nitro groups is 1. The normalized spacial score (nSPS) is 30.1. The summed E-state index contributed by atoms with van der Waals surface area (Å²) in [4.78, 5) is 38.1. The number of aromatic nitrogens is 1. The van der Waals surface area contributed by atoms with Crippen LogP contribution in [0.5, 0.6) is 0 Å². The zero-order chi connectivity index (χ0) is 20.6. The Morgan fingerprint density at radius 3 is 2.90 bits per heavy atom. The summed E-state index contributed by atoms with van der Waals surface area (Å²) in [5.74, 6) is -0.335. The van der Waals surface area contributed by atoms with Crippen molar-refractivity contribution < 1.29 is 19.2 Å². The highest BCUT2D eigenvalue weighted by molar-refractivity contribution is 5.82. The van der Waals surface area contributed by atoms with E-state index in [0.29, 0.717) is 5.82 Å². The van der Waals surface area contributed by atoms with Crippen LogP contribution in [0.1, 0.15) is 6.92 Å². The number of fused-ring (bicyclic) bond motifs is 1. The molecule has 8 nitrogen and oxygen atoms in total. The van der Waals surface area contributed by atoms with Crippen molar-refractivity contribution in [1.29, 1.82) is 0 Å². The molecule has 1 aliphatic heterocycles. The standard InChI is InChI=1S/C21H19N3O5/c1-21(12-25)8-2-3-14-9-13(4-6-17(14)21)16-11-29-20(26)19(16)23-18-7-5-15(10-22-18)24(27)28/h2-10,12,16-17,19H,11H2,1H3,(H,22,23). The van der Waals surface area contributed by atoms with Crippen molar-refractivity contribution in [2.45, 2.75) is 13.0 Å². The van der Waals surface area contributed by atoms with E-state index in [1.807, 2.05) is 43.4 Å². The summed E-state index contributed by atoms with van der Waals surface area (Å²) in [5.41, 5.74) is 1.21. The van der Waals surface area contributed by atoms with E-state index in [1.54, 1.807) is 0 Å². The Morgan fingerprint density at radius 2 is 2.21 bits per heavy atom. The predicted molar refractivity (Wildman–Crippen MR) is 105 cm³/mol. The Morgan fingerprint density at radius 1 is 1.38 bits per heavy atom. The lowest BCUT2D eigenvalue weighted by atomic mass is 9.68. The van der Waals surface area contributed by atoms with E-state index in [4.69, 9.17) is 4.74 Å². The third-order valence-electron chi connectivity index (χ3n) is 5.59. The van der Waals surface area contributed by atoms with E-state index in [-0.39, 0.29) is 24.1 Å². The molecule has 0 radical (unpaired) electrons. The van der Waals surface area contributed by atoms with Crippen molar-refractivity contribution >= 4 is 23.8 Å². The van der Waals surface area contributed by atoms with E-state index in [0.717, 1.165) is 23.6 Å². The van der Waals surface area contributed by atoms with Crippen molar-refractivity contribution in [3.8, 4) is 0 Å². The fourth-order valence-corrected chi connectivity index (χ4v) is 3.89. The zero-order valence-corrected chi connectivity index (χ0v) is 15.6. The highest BCUT2D eigenvalue weighted by Crippen LogP contribution is 2.42. The number of hydrogen-bond donors (Lipinski definition) is 1. The molecule has 1 saturated heterocycles. The van der Waals surface area contributed by atoms with E-state index in [2.05, 4.69) is 10.3 Å². The van der Waals surface area contributed by atoms with Crippen LogP contribution in [0.15, 0.2) is 65.9 Å². The fraction of sp³-hybridized carbons (Fsp3) is 0.286. The minimum Gasteiger partial charge on any atom is -0.463 e. The third kappa shape index (κ3) is 3.37. The Bertz CT molecular complexity index is 992. The fourth-order valence-electron chi connectivity index (χ4n) is 3.89. The summed E-state index contributed by atoms with van der Waals surface area (Å²) in [6.07, 6.45) is 13.8. The predicted octanol–water partition coefficient (Wildman–Crippen LogP) is 2.76. The largest absolute Gasteiger partial charge is 0.463 e. The maximum atomic E-state index is 12.3. The smallest absolute Gasteiger partial charge is 0.329 e. The molecular weight excluding hydrogens is 374 g/mol. The number of anilines is 1. The molecule has 2 aliphatic carbocycles. The number of nitrogens with zero attached hydrogens (tertiary/aromatic N) is 2. The number of cyclic esters (lactones) is 1. The molecule has 1 aromatic rings. The number of allylic oxidation sites excluding steroid dienone is 7. The molecule has 1 N–H and O–H groups in total. The molecule has 4 atom stereocenters. The Hall–Kier alpha value is -3.55. The number of carbonyl (C=O) groups excluding carboxylic acids is 2. The lowest BCUT2D eigenvalue weighted by Gasteiger charge is -2.34. The zero-order valence-electron chi connectivity index (χ0n) is 15.6. The van der Waals surface area contributed by atoms with Gasteiger partial charge in [-0.15, -0.1) is 0 Å². The molecule has 0 amide bonds. The minimum absolute atomic E-state index is 0.0467. The molecule has 1 fully saturated rings. The topological polar surface area (TPSA) is 111 Å². The van der Waals surface area contributed by atoms with Gasteiger partial charge in [-0.1, -0.05) is 36.5 Å². The van der Waals surface area contributed by atoms with Gasteiger partial charge >= 0.3 is 5.97 Å². The van der Waals surface area contributed by atoms with Crippen molar-refractivity contribution in [3.63, 3.8) is 0 Å². The average Bonchev–Trinajstić information content (AvgIpc) is 3.08. The van der Waals surface area contributed by atoms with Gasteiger partial charge in [0.25, 0.3) is 5.69 Å². The number of hydrogen-bond acceptors (Lipinski definition) is 7. The Kier molecular flexibility index (Phi) is 4.62. The van der Waals surface area contributed by atoms with Crippen LogP contribution in [-0.2, 0) is 14.3 Å². The van der Waals surface area contributed by atoms with Gasteiger partial charge in [-0.3, -0.25) is 10.1 Å². The van der Waals surface area contributed by atoms with Crippen LogP contribution in [-0.4, -0.2) is 34.8 Å². The van der Waals surface area contributed by atoms with E-state index in [1.165, 1.54) is 12.1 Å². The molecular formula is C21H19N3O5. The molecule has 1 aromatic heterocycles. The van der Waals surface area contributed by atoms with Crippen LogP contribution >= 0.6 is 0 Å². The first-order valence-electron chi connectivity index (χ1n) is 9.20. The van der Waals surface area contributed by atoms with Gasteiger partial charge in [0.1, 0.15) is 30.9 Å². The highest BCUT2D eigenvalue weighted by atomic mass is 16.6. The second-order valence-electron chi connectivity index (χ2n) is 7.51. The molecule has 29 heavy (non-hydrogen) atoms. The van der Waals surface area contributed by atoms with Gasteiger partial charge in [-0.2, -0.15) is 0 Å². The van der Waals surface area contributed by atoms with E-state index >= 15 is 0 Å². The van der Waals surface area contributed by atoms with Crippen molar-refractivity contribution in [2.75, 3.05) is 11.9 Å². The van der Waals surface area contributed by atoms with Crippen molar-refractivity contribution in [1.82, 2.24) is 4.98 Å². The van der Waals surface area contributed by atoms with Gasteiger partial charge in [0.05, 0.1) is 10.3 Å². The summed E-state index contributed by atoms with van der Waals surface area (Å²) in [7, 11) is 0. The summed E-state index contributed by atoms with van der Waals surface area (Å²) < 4.78 is 5.26.